The third-order valence-electron chi connectivity index (χ3n) is 21.0. The number of hydrogen-bond donors (Lipinski definition) is 11. The van der Waals surface area contributed by atoms with Gasteiger partial charge in [-0.1, -0.05) is 107 Å². The molecule has 5 atom stereocenters. The van der Waals surface area contributed by atoms with E-state index in [1.807, 2.05) is 106 Å². The molecule has 5 aromatic rings. The number of carbonyl (C=O) groups excluding carboxylic acids is 7. The fourth-order valence-corrected chi connectivity index (χ4v) is 16.5. The van der Waals surface area contributed by atoms with E-state index in [0.717, 1.165) is 49.6 Å². The molecule has 0 saturated carbocycles. The molecule has 29 nitrogen and oxygen atoms in total. The lowest BCUT2D eigenvalue weighted by atomic mass is 9.75. The van der Waals surface area contributed by atoms with Crippen LogP contribution in [0.5, 0.6) is 0 Å². The maximum Gasteiger partial charge on any atom is 0.326 e. The van der Waals surface area contributed by atoms with Crippen molar-refractivity contribution in [1.29, 1.82) is 5.41 Å². The van der Waals surface area contributed by atoms with Gasteiger partial charge < -0.3 is 62.8 Å². The number of anilines is 1. The summed E-state index contributed by atoms with van der Waals surface area (Å²) in [6.45, 7) is 11.6. The number of aliphatic imine (C=N–C) groups is 1. The maximum absolute atomic E-state index is 14.3. The predicted molar refractivity (Wildman–Crippen MR) is 422 cm³/mol. The van der Waals surface area contributed by atoms with E-state index in [0.29, 0.717) is 81.3 Å². The molecule has 13 N–H and O–H groups in total. The number of allylic oxidation sites excluding steroid dienone is 6. The molecule has 7 amide bonds. The minimum atomic E-state index is -4.29. The summed E-state index contributed by atoms with van der Waals surface area (Å²) in [6, 6.07) is 22.6. The first-order chi connectivity index (χ1) is 52.3. The number of nitrogens with one attached hydrogen (secondary N) is 6. The third-order valence-corrected chi connectivity index (χ3v) is 22.6. The standard InChI is InChI=1S/C79H104N14O15S2/c1-51-29-30-52-19-6-8-21-56(52)69(51)78(2,3)65(83-42-17-47-109(103,104)105)37-33-54(34-38-66-79(4,5)70-57-22-9-7-20-53(57)32-36-61(70)90(66)46-18-48-110(106,107)108)58-35-31-55(50-87-58)71(96)84-39-11-10-23-60(76(101)102)88-67(94)28-13-40-85-72(97)62-25-15-44-92(62)75(100)64-27-16-45-93(64)74(99)59(24-12-41-86-77(81)82)89-73(98)63-26-14-43-91(63)68(95)49-80/h6-9,19-22,29-38,50,59-60,62-64H,10-18,23-28,39-49,80H2,1-5H3,(H,84,96)(H,85,97)(H,88,94)(H,89,98)(H,101,102)(H4,81,82,86)(H,103,104,105)(H,106,107,108)/b37-33+,54-34-,66-38+,83-65+/t59-,60-,62-,63-,64-/m0/s1. The Bertz CT molecular complexity index is 4620. The van der Waals surface area contributed by atoms with Gasteiger partial charge in [-0.05, 0) is 165 Å². The second-order valence-corrected chi connectivity index (χ2v) is 32.7. The number of aliphatic carboxylic acids is 1. The zero-order valence-corrected chi connectivity index (χ0v) is 64.8. The first-order valence-electron chi connectivity index (χ1n) is 37.7. The van der Waals surface area contributed by atoms with E-state index in [-0.39, 0.29) is 108 Å². The smallest absolute Gasteiger partial charge is 0.326 e. The molecule has 0 aliphatic carbocycles. The average molecular weight is 1550 g/mol. The van der Waals surface area contributed by atoms with Gasteiger partial charge in [0.05, 0.1) is 29.3 Å². The number of aromatic nitrogens is 1. The molecule has 110 heavy (non-hydrogen) atoms. The number of guanidine groups is 1. The monoisotopic (exact) mass is 1550 g/mol. The topological polar surface area (TPSA) is 440 Å². The van der Waals surface area contributed by atoms with Crippen molar-refractivity contribution in [2.45, 2.75) is 172 Å². The number of aryl methyl sites for hydroxylation is 1. The lowest BCUT2D eigenvalue weighted by Gasteiger charge is -2.33. The Kier molecular flexibility index (Phi) is 28.8. The molecule has 0 bridgehead atoms. The van der Waals surface area contributed by atoms with E-state index in [1.54, 1.807) is 12.1 Å². The summed E-state index contributed by atoms with van der Waals surface area (Å²) in [4.78, 5) is 124. The zero-order valence-electron chi connectivity index (χ0n) is 63.1. The van der Waals surface area contributed by atoms with Crippen LogP contribution in [0.4, 0.5) is 5.69 Å². The van der Waals surface area contributed by atoms with Crippen LogP contribution in [0.25, 0.3) is 27.1 Å². The molecule has 3 fully saturated rings. The fourth-order valence-electron chi connectivity index (χ4n) is 15.6. The molecule has 3 saturated heterocycles. The molecule has 5 heterocycles. The number of carboxylic acid groups (broad SMARTS) is 1. The number of pyridine rings is 1. The number of nitrogens with zero attached hydrogens (tertiary/aromatic N) is 6. The molecular formula is C79H104N14O15S2. The number of carbonyl (C=O) groups is 8. The SMILES string of the molecule is Cc1ccc2ccccc2c1C(C)(C)C(/C=C/C(=C/C=C1/N(CCCS(=O)(=O)O)c2ccc3ccccc3c2C1(C)C)c1ccc(C(=O)NCCCC[C@H](NC(=O)CCCNC(=O)[C@@H]2CCCN2C(=O)[C@@H]2CCCN2C(=O)[C@H](CCCNC(=N)N)NC(=O)[C@@H]2CCCN2C(=O)CN)C(=O)O)cn1)=N/CCCS(=O)(=O)O. The molecule has 592 valence electrons. The highest BCUT2D eigenvalue weighted by molar-refractivity contribution is 7.86. The van der Waals surface area contributed by atoms with Crippen LogP contribution in [0.1, 0.15) is 157 Å². The molecule has 0 unspecified atom stereocenters. The number of nitrogens with two attached hydrogens (primary N) is 2. The number of likely N-dealkylation sites (tertiary alicyclic amines) is 3. The van der Waals surface area contributed by atoms with Crippen LogP contribution in [0.15, 0.2) is 126 Å². The van der Waals surface area contributed by atoms with Gasteiger partial charge in [-0.15, -0.1) is 0 Å². The van der Waals surface area contributed by atoms with E-state index in [4.69, 9.17) is 26.9 Å². The van der Waals surface area contributed by atoms with Crippen molar-refractivity contribution < 1.29 is 69.4 Å². The van der Waals surface area contributed by atoms with Crippen molar-refractivity contribution in [3.63, 3.8) is 0 Å². The lowest BCUT2D eigenvalue weighted by Crippen LogP contribution is -2.58. The third kappa shape index (κ3) is 21.5. The number of amides is 7. The number of rotatable bonds is 36. The van der Waals surface area contributed by atoms with Crippen LogP contribution in [0.2, 0.25) is 0 Å². The number of carboxylic acids is 1. The van der Waals surface area contributed by atoms with E-state index in [1.165, 1.54) is 20.9 Å². The zero-order chi connectivity index (χ0) is 79.7. The Morgan fingerprint density at radius 1 is 0.700 bits per heavy atom. The summed E-state index contributed by atoms with van der Waals surface area (Å²) < 4.78 is 67.4. The van der Waals surface area contributed by atoms with Gasteiger partial charge in [0.15, 0.2) is 5.96 Å². The number of unbranched alkanes of at least 4 members (excludes halogenated alkanes) is 1. The summed E-state index contributed by atoms with van der Waals surface area (Å²) >= 11 is 0. The van der Waals surface area contributed by atoms with Gasteiger partial charge in [-0.2, -0.15) is 16.8 Å². The van der Waals surface area contributed by atoms with Gasteiger partial charge in [-0.3, -0.25) is 58.1 Å². The minimum absolute atomic E-state index is 0.0424. The fraction of sp³-hybridized carbons (Fsp3) is 0.481. The van der Waals surface area contributed by atoms with Crippen LogP contribution < -0.4 is 43.0 Å². The van der Waals surface area contributed by atoms with Crippen molar-refractivity contribution >= 4 is 112 Å². The minimum Gasteiger partial charge on any atom is -0.480 e. The molecule has 31 heteroatoms. The molecule has 0 spiro atoms. The van der Waals surface area contributed by atoms with Crippen LogP contribution in [-0.2, 0) is 64.6 Å². The molecule has 0 radical (unpaired) electrons. The second-order valence-electron chi connectivity index (χ2n) is 29.5. The molecular weight excluding hydrogens is 1450 g/mol. The van der Waals surface area contributed by atoms with E-state index < -0.39 is 114 Å². The quantitative estimate of drug-likeness (QED) is 0.00685. The lowest BCUT2D eigenvalue weighted by molar-refractivity contribution is -0.148. The Morgan fingerprint density at radius 2 is 1.32 bits per heavy atom. The van der Waals surface area contributed by atoms with Gasteiger partial charge in [0.2, 0.25) is 35.4 Å². The van der Waals surface area contributed by atoms with E-state index in [9.17, 15) is 69.4 Å². The van der Waals surface area contributed by atoms with Crippen LogP contribution in [0, 0.1) is 12.3 Å². The molecule has 9 rings (SSSR count). The molecule has 4 aliphatic heterocycles. The second kappa shape index (κ2) is 37.6. The van der Waals surface area contributed by atoms with Crippen molar-refractivity contribution in [2.24, 2.45) is 16.5 Å². The summed E-state index contributed by atoms with van der Waals surface area (Å²) in [5, 5.41) is 35.5. The first kappa shape index (κ1) is 84.1. The number of fused-ring (bicyclic) bond motifs is 4. The van der Waals surface area contributed by atoms with Crippen LogP contribution >= 0.6 is 0 Å². The maximum atomic E-state index is 14.3. The normalized spacial score (nSPS) is 18.4. The summed E-state index contributed by atoms with van der Waals surface area (Å²) in [5.41, 5.74) is 16.2. The highest BCUT2D eigenvalue weighted by Crippen LogP contribution is 2.51. The summed E-state index contributed by atoms with van der Waals surface area (Å²) in [5.74, 6) is -5.71. The van der Waals surface area contributed by atoms with Crippen molar-refractivity contribution in [3.05, 3.63) is 149 Å². The average Bonchev–Trinajstić information content (AvgIpc) is 1.56. The van der Waals surface area contributed by atoms with E-state index >= 15 is 0 Å². The van der Waals surface area contributed by atoms with Gasteiger partial charge in [0.1, 0.15) is 30.2 Å². The Hall–Kier alpha value is -9.95. The Morgan fingerprint density at radius 3 is 1.99 bits per heavy atom. The Labute approximate surface area is 642 Å². The van der Waals surface area contributed by atoms with Gasteiger partial charge >= 0.3 is 5.97 Å². The highest BCUT2D eigenvalue weighted by Gasteiger charge is 2.45. The first-order valence-corrected chi connectivity index (χ1v) is 40.9. The number of hydrogen-bond acceptors (Lipinski definition) is 17. The van der Waals surface area contributed by atoms with Gasteiger partial charge in [-0.25, -0.2) is 4.79 Å². The van der Waals surface area contributed by atoms with Crippen LogP contribution in [0.3, 0.4) is 0 Å². The highest BCUT2D eigenvalue weighted by atomic mass is 32.2. The molecule has 4 aliphatic rings. The summed E-state index contributed by atoms with van der Waals surface area (Å²) in [6.07, 6.45) is 13.0. The summed E-state index contributed by atoms with van der Waals surface area (Å²) in [7, 11) is -8.57. The Balaban J connectivity index is 0.822. The van der Waals surface area contributed by atoms with Gasteiger partial charge in [0, 0.05) is 98.5 Å². The van der Waals surface area contributed by atoms with Crippen LogP contribution in [-0.4, -0.2) is 210 Å². The van der Waals surface area contributed by atoms with E-state index in [2.05, 4.69) is 57.5 Å². The number of benzene rings is 4. The van der Waals surface area contributed by atoms with Crippen molar-refractivity contribution in [1.82, 2.24) is 46.3 Å². The molecule has 4 aromatic carbocycles. The largest absolute Gasteiger partial charge is 0.480 e. The van der Waals surface area contributed by atoms with Gasteiger partial charge in [0.25, 0.3) is 26.1 Å². The predicted octanol–water partition coefficient (Wildman–Crippen LogP) is 6.34. The molecule has 1 aromatic heterocycles. The van der Waals surface area contributed by atoms with Crippen molar-refractivity contribution in [3.8, 4) is 0 Å². The van der Waals surface area contributed by atoms with Crippen molar-refractivity contribution in [2.75, 3.05) is 75.3 Å².